The van der Waals surface area contributed by atoms with Crippen LogP contribution in [0.2, 0.25) is 0 Å². The maximum Gasteiger partial charge on any atom is 0.223 e. The van der Waals surface area contributed by atoms with Gasteiger partial charge in [0.2, 0.25) is 5.91 Å². The number of carbonyl (C=O) groups is 1. The highest BCUT2D eigenvalue weighted by molar-refractivity contribution is 5.76. The van der Waals surface area contributed by atoms with Crippen molar-refractivity contribution in [2.24, 2.45) is 11.1 Å². The molecule has 1 saturated carbocycles. The summed E-state index contributed by atoms with van der Waals surface area (Å²) < 4.78 is 0. The molecule has 2 rings (SSSR count). The zero-order chi connectivity index (χ0) is 13.0. The molecule has 0 spiro atoms. The number of amides is 1. The molecule has 0 aliphatic heterocycles. The number of aromatic nitrogens is 1. The molecule has 0 aromatic carbocycles. The van der Waals surface area contributed by atoms with Crippen LogP contribution in [0, 0.1) is 5.41 Å². The molecule has 1 fully saturated rings. The predicted octanol–water partition coefficient (Wildman–Crippen LogP) is 1.56. The molecular formula is C14H21N3O. The van der Waals surface area contributed by atoms with E-state index in [0.29, 0.717) is 19.5 Å². The summed E-state index contributed by atoms with van der Waals surface area (Å²) in [5.74, 6) is 0.184. The topological polar surface area (TPSA) is 59.2 Å². The Morgan fingerprint density at radius 1 is 1.56 bits per heavy atom. The van der Waals surface area contributed by atoms with E-state index in [4.69, 9.17) is 5.73 Å². The summed E-state index contributed by atoms with van der Waals surface area (Å²) in [5.41, 5.74) is 6.93. The fraction of sp³-hybridized carbons (Fsp3) is 0.571. The van der Waals surface area contributed by atoms with Crippen molar-refractivity contribution in [2.45, 2.75) is 32.2 Å². The predicted molar refractivity (Wildman–Crippen MR) is 70.7 cm³/mol. The van der Waals surface area contributed by atoms with E-state index >= 15 is 0 Å². The van der Waals surface area contributed by atoms with Crippen LogP contribution in [0.3, 0.4) is 0 Å². The van der Waals surface area contributed by atoms with E-state index in [1.165, 1.54) is 6.42 Å². The maximum absolute atomic E-state index is 12.2. The van der Waals surface area contributed by atoms with Crippen molar-refractivity contribution in [3.8, 4) is 0 Å². The van der Waals surface area contributed by atoms with Crippen LogP contribution in [0.1, 0.15) is 31.2 Å². The van der Waals surface area contributed by atoms with Crippen molar-refractivity contribution >= 4 is 5.91 Å². The van der Waals surface area contributed by atoms with Gasteiger partial charge in [0.05, 0.1) is 0 Å². The Hall–Kier alpha value is -1.42. The average molecular weight is 247 g/mol. The first-order valence-electron chi connectivity index (χ1n) is 6.48. The van der Waals surface area contributed by atoms with Gasteiger partial charge in [-0.05, 0) is 36.4 Å². The third-order valence-corrected chi connectivity index (χ3v) is 3.94. The van der Waals surface area contributed by atoms with E-state index < -0.39 is 0 Å². The van der Waals surface area contributed by atoms with E-state index in [2.05, 4.69) is 4.98 Å². The summed E-state index contributed by atoms with van der Waals surface area (Å²) in [5, 5.41) is 0. The van der Waals surface area contributed by atoms with Gasteiger partial charge in [0.15, 0.2) is 0 Å². The summed E-state index contributed by atoms with van der Waals surface area (Å²) in [6.45, 7) is 1.24. The Morgan fingerprint density at radius 3 is 2.83 bits per heavy atom. The van der Waals surface area contributed by atoms with E-state index in [-0.39, 0.29) is 11.3 Å². The minimum absolute atomic E-state index is 0.0836. The summed E-state index contributed by atoms with van der Waals surface area (Å²) in [4.78, 5) is 18.0. The first kappa shape index (κ1) is 13.0. The Morgan fingerprint density at radius 2 is 2.33 bits per heavy atom. The van der Waals surface area contributed by atoms with Crippen molar-refractivity contribution in [1.82, 2.24) is 9.88 Å². The standard InChI is InChI=1S/C14H21N3O/c1-17(10-12-4-2-7-16-9-12)13(18)8-14(11-15)5-3-6-14/h2,4,7,9H,3,5-6,8,10-11,15H2,1H3. The molecule has 0 unspecified atom stereocenters. The van der Waals surface area contributed by atoms with Crippen molar-refractivity contribution in [3.63, 3.8) is 0 Å². The van der Waals surface area contributed by atoms with Crippen LogP contribution in [-0.4, -0.2) is 29.4 Å². The van der Waals surface area contributed by atoms with Gasteiger partial charge in [-0.15, -0.1) is 0 Å². The largest absolute Gasteiger partial charge is 0.341 e. The number of nitrogens with two attached hydrogens (primary N) is 1. The Balaban J connectivity index is 1.89. The van der Waals surface area contributed by atoms with Gasteiger partial charge in [0.25, 0.3) is 0 Å². The molecule has 18 heavy (non-hydrogen) atoms. The molecule has 1 amide bonds. The lowest BCUT2D eigenvalue weighted by molar-refractivity contribution is -0.134. The van der Waals surface area contributed by atoms with Gasteiger partial charge < -0.3 is 10.6 Å². The molecule has 1 heterocycles. The number of hydrogen-bond donors (Lipinski definition) is 1. The smallest absolute Gasteiger partial charge is 0.223 e. The summed E-state index contributed by atoms with van der Waals surface area (Å²) in [7, 11) is 1.85. The highest BCUT2D eigenvalue weighted by Crippen LogP contribution is 2.43. The molecule has 4 nitrogen and oxygen atoms in total. The van der Waals surface area contributed by atoms with E-state index in [1.54, 1.807) is 17.3 Å². The molecule has 1 aromatic heterocycles. The van der Waals surface area contributed by atoms with Crippen LogP contribution < -0.4 is 5.73 Å². The number of rotatable bonds is 5. The highest BCUT2D eigenvalue weighted by atomic mass is 16.2. The summed E-state index contributed by atoms with van der Waals surface area (Å²) >= 11 is 0. The van der Waals surface area contributed by atoms with Crippen LogP contribution in [-0.2, 0) is 11.3 Å². The van der Waals surface area contributed by atoms with E-state index in [9.17, 15) is 4.79 Å². The molecule has 1 aliphatic rings. The number of hydrogen-bond acceptors (Lipinski definition) is 3. The highest BCUT2D eigenvalue weighted by Gasteiger charge is 2.38. The second kappa shape index (κ2) is 5.48. The van der Waals surface area contributed by atoms with Crippen LogP contribution in [0.4, 0.5) is 0 Å². The van der Waals surface area contributed by atoms with Gasteiger partial charge in [0, 0.05) is 32.4 Å². The minimum atomic E-state index is 0.0836. The quantitative estimate of drug-likeness (QED) is 0.859. The molecule has 0 bridgehead atoms. The number of nitrogens with zero attached hydrogens (tertiary/aromatic N) is 2. The Labute approximate surface area is 108 Å². The van der Waals surface area contributed by atoms with Crippen molar-refractivity contribution < 1.29 is 4.79 Å². The van der Waals surface area contributed by atoms with Crippen LogP contribution in [0.5, 0.6) is 0 Å². The molecule has 1 aliphatic carbocycles. The molecule has 2 N–H and O–H groups in total. The molecule has 0 atom stereocenters. The van der Waals surface area contributed by atoms with Crippen LogP contribution in [0.15, 0.2) is 24.5 Å². The van der Waals surface area contributed by atoms with E-state index in [0.717, 1.165) is 18.4 Å². The molecule has 0 radical (unpaired) electrons. The van der Waals surface area contributed by atoms with Gasteiger partial charge in [0.1, 0.15) is 0 Å². The Kier molecular flexibility index (Phi) is 3.97. The summed E-state index contributed by atoms with van der Waals surface area (Å²) in [6.07, 6.45) is 7.51. The van der Waals surface area contributed by atoms with Gasteiger partial charge in [-0.25, -0.2) is 0 Å². The van der Waals surface area contributed by atoms with Gasteiger partial charge >= 0.3 is 0 Å². The normalized spacial score (nSPS) is 17.0. The minimum Gasteiger partial charge on any atom is -0.341 e. The lowest BCUT2D eigenvalue weighted by Crippen LogP contribution is -2.42. The van der Waals surface area contributed by atoms with Gasteiger partial charge in [-0.3, -0.25) is 9.78 Å². The fourth-order valence-electron chi connectivity index (χ4n) is 2.44. The van der Waals surface area contributed by atoms with Gasteiger partial charge in [-0.2, -0.15) is 0 Å². The van der Waals surface area contributed by atoms with Crippen molar-refractivity contribution in [1.29, 1.82) is 0 Å². The third-order valence-electron chi connectivity index (χ3n) is 3.94. The first-order chi connectivity index (χ1) is 8.65. The number of carbonyl (C=O) groups excluding carboxylic acids is 1. The average Bonchev–Trinajstić information content (AvgIpc) is 2.34. The lowest BCUT2D eigenvalue weighted by Gasteiger charge is -2.41. The second-order valence-corrected chi connectivity index (χ2v) is 5.35. The van der Waals surface area contributed by atoms with Crippen molar-refractivity contribution in [3.05, 3.63) is 30.1 Å². The second-order valence-electron chi connectivity index (χ2n) is 5.35. The molecule has 4 heteroatoms. The molecular weight excluding hydrogens is 226 g/mol. The lowest BCUT2D eigenvalue weighted by atomic mass is 9.66. The van der Waals surface area contributed by atoms with Gasteiger partial charge in [-0.1, -0.05) is 12.5 Å². The van der Waals surface area contributed by atoms with Crippen LogP contribution in [0.25, 0.3) is 0 Å². The fourth-order valence-corrected chi connectivity index (χ4v) is 2.44. The third kappa shape index (κ3) is 2.88. The van der Waals surface area contributed by atoms with E-state index in [1.807, 2.05) is 19.2 Å². The molecule has 98 valence electrons. The van der Waals surface area contributed by atoms with Crippen molar-refractivity contribution in [2.75, 3.05) is 13.6 Å². The zero-order valence-electron chi connectivity index (χ0n) is 10.9. The Bertz CT molecular complexity index is 395. The molecule has 1 aromatic rings. The first-order valence-corrected chi connectivity index (χ1v) is 6.48. The zero-order valence-corrected chi connectivity index (χ0v) is 10.9. The maximum atomic E-state index is 12.2. The summed E-state index contributed by atoms with van der Waals surface area (Å²) in [6, 6.07) is 3.87. The molecule has 0 saturated heterocycles. The SMILES string of the molecule is CN(Cc1cccnc1)C(=O)CC1(CN)CCC1. The number of pyridine rings is 1. The van der Waals surface area contributed by atoms with Crippen LogP contribution >= 0.6 is 0 Å². The monoisotopic (exact) mass is 247 g/mol.